The molecule has 132 valence electrons. The van der Waals surface area contributed by atoms with Crippen LogP contribution in [0.2, 0.25) is 0 Å². The molecule has 0 N–H and O–H groups in total. The monoisotopic (exact) mass is 360 g/mol. The molecule has 0 aliphatic carbocycles. The maximum absolute atomic E-state index is 12.9. The van der Waals surface area contributed by atoms with Crippen LogP contribution in [0.1, 0.15) is 6.92 Å². The van der Waals surface area contributed by atoms with Crippen molar-refractivity contribution >= 4 is 28.8 Å². The number of amides is 1. The Balaban J connectivity index is 1.41. The number of anilines is 1. The summed E-state index contributed by atoms with van der Waals surface area (Å²) in [5.74, 6) is 1.30. The zero-order valence-electron chi connectivity index (χ0n) is 14.3. The molecule has 0 unspecified atom stereocenters. The van der Waals surface area contributed by atoms with Crippen molar-refractivity contribution in [3.05, 3.63) is 22.9 Å². The van der Waals surface area contributed by atoms with Crippen molar-refractivity contribution < 1.29 is 9.53 Å². The standard InChI is InChI=1S/C16H20N6O2S/c1-11-13(25-16-18-5-6-22(11)16)14(23)20-7-9-21(10-8-20)15-17-4-3-12(19-15)24-2/h3-4H,5-10H2,1-2H3. The lowest BCUT2D eigenvalue weighted by Gasteiger charge is -2.34. The first-order chi connectivity index (χ1) is 12.2. The Hall–Kier alpha value is -2.29. The van der Waals surface area contributed by atoms with Gasteiger partial charge in [0.1, 0.15) is 0 Å². The predicted octanol–water partition coefficient (Wildman–Crippen LogP) is 0.784. The zero-order valence-corrected chi connectivity index (χ0v) is 15.1. The van der Waals surface area contributed by atoms with Crippen LogP contribution in [0.25, 0.3) is 0 Å². The van der Waals surface area contributed by atoms with E-state index >= 15 is 0 Å². The van der Waals surface area contributed by atoms with Crippen molar-refractivity contribution in [2.45, 2.75) is 6.92 Å². The van der Waals surface area contributed by atoms with Crippen LogP contribution in [0.5, 0.6) is 5.88 Å². The van der Waals surface area contributed by atoms with Gasteiger partial charge in [-0.05, 0) is 18.7 Å². The van der Waals surface area contributed by atoms with Crippen molar-refractivity contribution in [3.8, 4) is 5.88 Å². The van der Waals surface area contributed by atoms with Crippen molar-refractivity contribution in [1.82, 2.24) is 19.8 Å². The Bertz CT molecular complexity index is 757. The highest BCUT2D eigenvalue weighted by atomic mass is 32.2. The Morgan fingerprint density at radius 2 is 2.04 bits per heavy atom. The van der Waals surface area contributed by atoms with E-state index in [1.54, 1.807) is 19.4 Å². The summed E-state index contributed by atoms with van der Waals surface area (Å²) in [6, 6.07) is 1.73. The zero-order chi connectivity index (χ0) is 17.4. The van der Waals surface area contributed by atoms with Crippen molar-refractivity contribution in [3.63, 3.8) is 0 Å². The molecule has 0 spiro atoms. The average Bonchev–Trinajstić information content (AvgIpc) is 3.24. The number of aliphatic imine (C=N–C) groups is 1. The molecule has 9 heteroatoms. The number of carbonyl (C=O) groups is 1. The first-order valence-corrected chi connectivity index (χ1v) is 9.11. The average molecular weight is 360 g/mol. The van der Waals surface area contributed by atoms with Gasteiger partial charge in [-0.25, -0.2) is 4.98 Å². The number of piperazine rings is 1. The Morgan fingerprint density at radius 1 is 1.24 bits per heavy atom. The van der Waals surface area contributed by atoms with E-state index in [1.807, 2.05) is 11.8 Å². The van der Waals surface area contributed by atoms with Crippen LogP contribution in [0, 0.1) is 0 Å². The van der Waals surface area contributed by atoms with Crippen LogP contribution in [0.4, 0.5) is 5.95 Å². The molecule has 1 amide bonds. The first-order valence-electron chi connectivity index (χ1n) is 8.29. The molecule has 0 atom stereocenters. The van der Waals surface area contributed by atoms with Gasteiger partial charge in [0.15, 0.2) is 5.17 Å². The van der Waals surface area contributed by atoms with Gasteiger partial charge in [-0.15, -0.1) is 0 Å². The van der Waals surface area contributed by atoms with E-state index in [-0.39, 0.29) is 5.91 Å². The molecular formula is C16H20N6O2S. The molecule has 1 saturated heterocycles. The third-order valence-electron chi connectivity index (χ3n) is 4.60. The van der Waals surface area contributed by atoms with Crippen LogP contribution in [-0.4, -0.2) is 77.2 Å². The van der Waals surface area contributed by atoms with Crippen molar-refractivity contribution in [1.29, 1.82) is 0 Å². The number of aromatic nitrogens is 2. The van der Waals surface area contributed by atoms with Crippen LogP contribution < -0.4 is 9.64 Å². The molecule has 0 bridgehead atoms. The number of fused-ring (bicyclic) bond motifs is 1. The third-order valence-corrected chi connectivity index (χ3v) is 5.81. The topological polar surface area (TPSA) is 74.2 Å². The number of allylic oxidation sites excluding steroid dienone is 1. The van der Waals surface area contributed by atoms with E-state index in [0.717, 1.165) is 28.9 Å². The van der Waals surface area contributed by atoms with E-state index in [9.17, 15) is 4.79 Å². The lowest BCUT2D eigenvalue weighted by Crippen LogP contribution is -2.49. The van der Waals surface area contributed by atoms with Crippen molar-refractivity contribution in [2.24, 2.45) is 4.99 Å². The molecule has 4 rings (SSSR count). The summed E-state index contributed by atoms with van der Waals surface area (Å²) >= 11 is 1.50. The minimum Gasteiger partial charge on any atom is -0.481 e. The molecule has 0 aromatic carbocycles. The van der Waals surface area contributed by atoms with Crippen LogP contribution >= 0.6 is 11.8 Å². The number of hydrogen-bond acceptors (Lipinski definition) is 8. The molecule has 1 aromatic heterocycles. The van der Waals surface area contributed by atoms with Gasteiger partial charge in [0.05, 0.1) is 18.6 Å². The smallest absolute Gasteiger partial charge is 0.262 e. The lowest BCUT2D eigenvalue weighted by molar-refractivity contribution is -0.126. The highest BCUT2D eigenvalue weighted by molar-refractivity contribution is 8.18. The number of rotatable bonds is 3. The Kier molecular flexibility index (Phi) is 4.24. The van der Waals surface area contributed by atoms with Gasteiger partial charge in [0.2, 0.25) is 11.8 Å². The van der Waals surface area contributed by atoms with Gasteiger partial charge >= 0.3 is 0 Å². The van der Waals surface area contributed by atoms with Gasteiger partial charge in [-0.2, -0.15) is 4.98 Å². The van der Waals surface area contributed by atoms with Gasteiger partial charge < -0.3 is 19.4 Å². The first kappa shape index (κ1) is 16.2. The molecule has 1 fully saturated rings. The summed E-state index contributed by atoms with van der Waals surface area (Å²) in [5.41, 5.74) is 1.03. The highest BCUT2D eigenvalue weighted by Gasteiger charge is 2.35. The predicted molar refractivity (Wildman–Crippen MR) is 96.7 cm³/mol. The second-order valence-corrected chi connectivity index (χ2v) is 6.99. The summed E-state index contributed by atoms with van der Waals surface area (Å²) in [7, 11) is 1.59. The molecule has 25 heavy (non-hydrogen) atoms. The normalized spacial score (nSPS) is 20.1. The van der Waals surface area contributed by atoms with Crippen LogP contribution in [-0.2, 0) is 4.79 Å². The van der Waals surface area contributed by atoms with Gasteiger partial charge in [-0.3, -0.25) is 9.79 Å². The number of carbonyl (C=O) groups excluding carboxylic acids is 1. The summed E-state index contributed by atoms with van der Waals surface area (Å²) < 4.78 is 5.15. The largest absolute Gasteiger partial charge is 0.481 e. The maximum Gasteiger partial charge on any atom is 0.262 e. The fourth-order valence-electron chi connectivity index (χ4n) is 3.16. The second kappa shape index (κ2) is 6.55. The van der Waals surface area contributed by atoms with E-state index < -0.39 is 0 Å². The summed E-state index contributed by atoms with van der Waals surface area (Å²) in [5, 5.41) is 0.962. The van der Waals surface area contributed by atoms with Gasteiger partial charge in [0.25, 0.3) is 5.91 Å². The Labute approximate surface area is 150 Å². The molecule has 8 nitrogen and oxygen atoms in total. The molecule has 3 aliphatic heterocycles. The van der Waals surface area contributed by atoms with Gasteiger partial charge in [0, 0.05) is 50.7 Å². The fourth-order valence-corrected chi connectivity index (χ4v) is 4.31. The molecular weight excluding hydrogens is 340 g/mol. The van der Waals surface area contributed by atoms with E-state index in [1.165, 1.54) is 11.8 Å². The second-order valence-electron chi connectivity index (χ2n) is 6.01. The van der Waals surface area contributed by atoms with E-state index in [2.05, 4.69) is 24.8 Å². The number of methoxy groups -OCH3 is 1. The molecule has 1 aromatic rings. The van der Waals surface area contributed by atoms with Crippen molar-refractivity contribution in [2.75, 3.05) is 51.3 Å². The SMILES string of the molecule is COc1ccnc(N2CCN(C(=O)C3=C(C)N4CCN=C4S3)CC2)n1. The molecule has 4 heterocycles. The number of hydrogen-bond donors (Lipinski definition) is 0. The van der Waals surface area contributed by atoms with Crippen LogP contribution in [0.15, 0.2) is 27.9 Å². The minimum absolute atomic E-state index is 0.103. The molecule has 0 saturated carbocycles. The summed E-state index contributed by atoms with van der Waals surface area (Å²) in [4.78, 5) is 32.9. The van der Waals surface area contributed by atoms with Crippen LogP contribution in [0.3, 0.4) is 0 Å². The highest BCUT2D eigenvalue weighted by Crippen LogP contribution is 2.37. The van der Waals surface area contributed by atoms with E-state index in [0.29, 0.717) is 38.0 Å². The summed E-state index contributed by atoms with van der Waals surface area (Å²) in [6.45, 7) is 6.44. The quantitative estimate of drug-likeness (QED) is 0.789. The van der Waals surface area contributed by atoms with Gasteiger partial charge in [-0.1, -0.05) is 0 Å². The fraction of sp³-hybridized carbons (Fsp3) is 0.500. The van der Waals surface area contributed by atoms with E-state index in [4.69, 9.17) is 4.74 Å². The Morgan fingerprint density at radius 3 is 2.76 bits per heavy atom. The molecule has 0 radical (unpaired) electrons. The number of thioether (sulfide) groups is 1. The number of ether oxygens (including phenoxy) is 1. The third kappa shape index (κ3) is 2.92. The minimum atomic E-state index is 0.103. The lowest BCUT2D eigenvalue weighted by atomic mass is 10.3. The molecule has 3 aliphatic rings. The summed E-state index contributed by atoms with van der Waals surface area (Å²) in [6.07, 6.45) is 1.69. The maximum atomic E-state index is 12.9. The number of amidine groups is 1. The number of nitrogens with zero attached hydrogens (tertiary/aromatic N) is 6.